The van der Waals surface area contributed by atoms with Crippen LogP contribution in [0.2, 0.25) is 0 Å². The van der Waals surface area contributed by atoms with E-state index in [1.807, 2.05) is 23.2 Å². The highest BCUT2D eigenvalue weighted by molar-refractivity contribution is 5.93. The lowest BCUT2D eigenvalue weighted by atomic mass is 9.78. The first-order valence-electron chi connectivity index (χ1n) is 8.18. The summed E-state index contributed by atoms with van der Waals surface area (Å²) >= 11 is 0. The lowest BCUT2D eigenvalue weighted by Crippen LogP contribution is -2.30. The number of hydrogen-bond acceptors (Lipinski definition) is 3. The molecule has 122 valence electrons. The monoisotopic (exact) mass is 320 g/mol. The standard InChI is InChI=1S/C19H20N4O/c1-19(2)13-23(11-15(19)14-7-4-3-5-8-14)17(24)16-12-22-10-6-9-20-18(22)21-16/h3-10,12,15H,11,13H2,1-2H3/t15-/m1/s1. The smallest absolute Gasteiger partial charge is 0.274 e. The van der Waals surface area contributed by atoms with E-state index >= 15 is 0 Å². The number of aromatic nitrogens is 3. The first-order valence-corrected chi connectivity index (χ1v) is 8.18. The third kappa shape index (κ3) is 2.46. The fraction of sp³-hybridized carbons (Fsp3) is 0.316. The highest BCUT2D eigenvalue weighted by atomic mass is 16.2. The van der Waals surface area contributed by atoms with Crippen LogP contribution < -0.4 is 0 Å². The minimum absolute atomic E-state index is 0.0213. The maximum atomic E-state index is 12.9. The lowest BCUT2D eigenvalue weighted by molar-refractivity contribution is 0.0773. The highest BCUT2D eigenvalue weighted by Gasteiger charge is 2.42. The van der Waals surface area contributed by atoms with Crippen molar-refractivity contribution >= 4 is 11.7 Å². The molecule has 2 aromatic heterocycles. The van der Waals surface area contributed by atoms with E-state index in [9.17, 15) is 4.79 Å². The number of hydrogen-bond donors (Lipinski definition) is 0. The van der Waals surface area contributed by atoms with Gasteiger partial charge in [0.1, 0.15) is 5.69 Å². The summed E-state index contributed by atoms with van der Waals surface area (Å²) in [6, 6.07) is 12.3. The zero-order valence-corrected chi connectivity index (χ0v) is 13.9. The topological polar surface area (TPSA) is 50.5 Å². The Kier molecular flexibility index (Phi) is 3.37. The number of amides is 1. The Hall–Kier alpha value is -2.69. The molecule has 0 aliphatic carbocycles. The normalized spacial score (nSPS) is 19.8. The molecule has 3 aromatic rings. The Bertz CT molecular complexity index is 852. The Morgan fingerprint density at radius 1 is 1.21 bits per heavy atom. The summed E-state index contributed by atoms with van der Waals surface area (Å²) in [5.41, 5.74) is 1.78. The average molecular weight is 320 g/mol. The molecule has 24 heavy (non-hydrogen) atoms. The summed E-state index contributed by atoms with van der Waals surface area (Å²) in [5.74, 6) is 0.865. The number of fused-ring (bicyclic) bond motifs is 1. The van der Waals surface area contributed by atoms with Crippen LogP contribution in [0.15, 0.2) is 55.0 Å². The molecule has 1 aromatic carbocycles. The Morgan fingerprint density at radius 2 is 2.00 bits per heavy atom. The molecular weight excluding hydrogens is 300 g/mol. The molecule has 0 radical (unpaired) electrons. The fourth-order valence-electron chi connectivity index (χ4n) is 3.63. The molecule has 4 rings (SSSR count). The van der Waals surface area contributed by atoms with Gasteiger partial charge in [-0.25, -0.2) is 9.97 Å². The van der Waals surface area contributed by atoms with E-state index in [1.54, 1.807) is 16.8 Å². The third-order valence-electron chi connectivity index (χ3n) is 4.89. The second-order valence-electron chi connectivity index (χ2n) is 7.09. The van der Waals surface area contributed by atoms with Gasteiger partial charge in [0.15, 0.2) is 0 Å². The average Bonchev–Trinajstić information content (AvgIpc) is 3.15. The summed E-state index contributed by atoms with van der Waals surface area (Å²) in [7, 11) is 0. The molecule has 0 bridgehead atoms. The molecular formula is C19H20N4O. The maximum Gasteiger partial charge on any atom is 0.274 e. The SMILES string of the molecule is CC1(C)CN(C(=O)c2cn3cccnc3n2)C[C@@H]1c1ccccc1. The van der Waals surface area contributed by atoms with Crippen LogP contribution in [-0.4, -0.2) is 38.3 Å². The van der Waals surface area contributed by atoms with Crippen molar-refractivity contribution in [3.8, 4) is 0 Å². The summed E-state index contributed by atoms with van der Waals surface area (Å²) < 4.78 is 1.78. The van der Waals surface area contributed by atoms with Crippen LogP contribution in [0, 0.1) is 5.41 Å². The lowest BCUT2D eigenvalue weighted by Gasteiger charge is -2.25. The maximum absolute atomic E-state index is 12.9. The van der Waals surface area contributed by atoms with E-state index in [1.165, 1.54) is 5.56 Å². The zero-order valence-electron chi connectivity index (χ0n) is 13.9. The van der Waals surface area contributed by atoms with Crippen LogP contribution in [-0.2, 0) is 0 Å². The van der Waals surface area contributed by atoms with E-state index in [4.69, 9.17) is 0 Å². The summed E-state index contributed by atoms with van der Waals surface area (Å²) in [6.07, 6.45) is 5.29. The summed E-state index contributed by atoms with van der Waals surface area (Å²) in [4.78, 5) is 23.4. The van der Waals surface area contributed by atoms with Gasteiger partial charge in [-0.2, -0.15) is 0 Å². The van der Waals surface area contributed by atoms with Gasteiger partial charge in [-0.15, -0.1) is 0 Å². The van der Waals surface area contributed by atoms with Crippen molar-refractivity contribution < 1.29 is 4.79 Å². The van der Waals surface area contributed by atoms with Gasteiger partial charge < -0.3 is 4.90 Å². The molecule has 5 heteroatoms. The number of rotatable bonds is 2. The fourth-order valence-corrected chi connectivity index (χ4v) is 3.63. The summed E-state index contributed by atoms with van der Waals surface area (Å²) in [5, 5.41) is 0. The third-order valence-corrected chi connectivity index (χ3v) is 4.89. The van der Waals surface area contributed by atoms with Gasteiger partial charge in [0.2, 0.25) is 5.78 Å². The van der Waals surface area contributed by atoms with Crippen molar-refractivity contribution in [1.29, 1.82) is 0 Å². The largest absolute Gasteiger partial charge is 0.336 e. The number of nitrogens with zero attached hydrogens (tertiary/aromatic N) is 4. The van der Waals surface area contributed by atoms with Gasteiger partial charge in [0.05, 0.1) is 0 Å². The van der Waals surface area contributed by atoms with Crippen LogP contribution in [0.1, 0.15) is 35.8 Å². The predicted molar refractivity (Wildman–Crippen MR) is 91.9 cm³/mol. The van der Waals surface area contributed by atoms with Crippen molar-refractivity contribution in [2.45, 2.75) is 19.8 Å². The molecule has 0 unspecified atom stereocenters. The van der Waals surface area contributed by atoms with E-state index in [-0.39, 0.29) is 11.3 Å². The van der Waals surface area contributed by atoms with Crippen LogP contribution in [0.25, 0.3) is 5.78 Å². The zero-order chi connectivity index (χ0) is 16.7. The second kappa shape index (κ2) is 5.44. The Morgan fingerprint density at radius 3 is 2.75 bits per heavy atom. The quantitative estimate of drug-likeness (QED) is 0.729. The van der Waals surface area contributed by atoms with E-state index < -0.39 is 0 Å². The number of carbonyl (C=O) groups excluding carboxylic acids is 1. The highest BCUT2D eigenvalue weighted by Crippen LogP contribution is 2.42. The molecule has 5 nitrogen and oxygen atoms in total. The molecule has 1 aliphatic rings. The van der Waals surface area contributed by atoms with Crippen LogP contribution >= 0.6 is 0 Å². The molecule has 1 fully saturated rings. The van der Waals surface area contributed by atoms with Crippen molar-refractivity contribution in [3.05, 3.63) is 66.2 Å². The Balaban J connectivity index is 1.62. The molecule has 1 atom stereocenters. The molecule has 3 heterocycles. The van der Waals surface area contributed by atoms with Crippen LogP contribution in [0.4, 0.5) is 0 Å². The van der Waals surface area contributed by atoms with Gasteiger partial charge in [-0.05, 0) is 17.0 Å². The number of likely N-dealkylation sites (tertiary alicyclic amines) is 1. The number of carbonyl (C=O) groups is 1. The molecule has 1 amide bonds. The second-order valence-corrected chi connectivity index (χ2v) is 7.09. The van der Waals surface area contributed by atoms with Crippen molar-refractivity contribution in [3.63, 3.8) is 0 Å². The van der Waals surface area contributed by atoms with Gasteiger partial charge in [-0.3, -0.25) is 9.20 Å². The number of imidazole rings is 1. The number of benzene rings is 1. The predicted octanol–water partition coefficient (Wildman–Crippen LogP) is 3.00. The first kappa shape index (κ1) is 14.9. The van der Waals surface area contributed by atoms with Crippen LogP contribution in [0.5, 0.6) is 0 Å². The van der Waals surface area contributed by atoms with Crippen molar-refractivity contribution in [1.82, 2.24) is 19.3 Å². The Labute approximate surface area is 141 Å². The van der Waals surface area contributed by atoms with Gasteiger partial charge in [0.25, 0.3) is 5.91 Å². The van der Waals surface area contributed by atoms with E-state index in [0.717, 1.165) is 13.1 Å². The van der Waals surface area contributed by atoms with Gasteiger partial charge in [0, 0.05) is 37.6 Å². The molecule has 0 spiro atoms. The minimum atomic E-state index is -0.0213. The van der Waals surface area contributed by atoms with Crippen molar-refractivity contribution in [2.24, 2.45) is 5.41 Å². The van der Waals surface area contributed by atoms with Gasteiger partial charge in [-0.1, -0.05) is 44.2 Å². The minimum Gasteiger partial charge on any atom is -0.336 e. The van der Waals surface area contributed by atoms with Gasteiger partial charge >= 0.3 is 0 Å². The summed E-state index contributed by atoms with van der Waals surface area (Å²) in [6.45, 7) is 5.90. The molecule has 1 saturated heterocycles. The first-order chi connectivity index (χ1) is 11.5. The molecule has 1 aliphatic heterocycles. The van der Waals surface area contributed by atoms with Crippen LogP contribution in [0.3, 0.4) is 0 Å². The molecule has 0 saturated carbocycles. The van der Waals surface area contributed by atoms with E-state index in [0.29, 0.717) is 17.4 Å². The van der Waals surface area contributed by atoms with E-state index in [2.05, 4.69) is 48.1 Å². The molecule has 0 N–H and O–H groups in total. The van der Waals surface area contributed by atoms with Crippen molar-refractivity contribution in [2.75, 3.05) is 13.1 Å².